The van der Waals surface area contributed by atoms with E-state index < -0.39 is 0 Å². The standard InChI is InChI=1S/C19H15NO2/c21-17-12-6-11-16-18(17)14-9-4-5-10-15(14)19(22)20(16)13-7-2-1-3-8-13/h1-5,7-10H,6,11-12H2. The Morgan fingerprint density at radius 2 is 1.45 bits per heavy atom. The smallest absolute Gasteiger partial charge is 0.263 e. The van der Waals surface area contributed by atoms with Crippen LogP contribution in [0.2, 0.25) is 0 Å². The van der Waals surface area contributed by atoms with E-state index in [2.05, 4.69) is 0 Å². The molecule has 0 aliphatic heterocycles. The van der Waals surface area contributed by atoms with Gasteiger partial charge in [0.05, 0.1) is 0 Å². The van der Waals surface area contributed by atoms with E-state index in [1.807, 2.05) is 48.5 Å². The van der Waals surface area contributed by atoms with Gasteiger partial charge < -0.3 is 0 Å². The number of carbonyl (C=O) groups excluding carboxylic acids is 1. The second-order valence-electron chi connectivity index (χ2n) is 5.62. The van der Waals surface area contributed by atoms with E-state index in [1.54, 1.807) is 10.6 Å². The van der Waals surface area contributed by atoms with Gasteiger partial charge in [-0.15, -0.1) is 0 Å². The molecule has 0 amide bonds. The van der Waals surface area contributed by atoms with Crippen LogP contribution in [-0.4, -0.2) is 10.4 Å². The topological polar surface area (TPSA) is 39.1 Å². The number of nitrogens with zero attached hydrogens (tertiary/aromatic N) is 1. The van der Waals surface area contributed by atoms with Gasteiger partial charge in [0.2, 0.25) is 0 Å². The molecule has 1 aliphatic carbocycles. The third kappa shape index (κ3) is 1.82. The van der Waals surface area contributed by atoms with Gasteiger partial charge in [-0.3, -0.25) is 14.2 Å². The van der Waals surface area contributed by atoms with E-state index >= 15 is 0 Å². The fraction of sp³-hybridized carbons (Fsp3) is 0.158. The molecule has 0 spiro atoms. The molecule has 1 aliphatic rings. The molecule has 3 heteroatoms. The van der Waals surface area contributed by atoms with Gasteiger partial charge in [0.1, 0.15) is 0 Å². The van der Waals surface area contributed by atoms with Gasteiger partial charge in [-0.25, -0.2) is 0 Å². The summed E-state index contributed by atoms with van der Waals surface area (Å²) in [4.78, 5) is 25.4. The molecule has 0 atom stereocenters. The van der Waals surface area contributed by atoms with Gasteiger partial charge in [-0.05, 0) is 36.4 Å². The lowest BCUT2D eigenvalue weighted by molar-refractivity contribution is 0.0973. The number of aromatic nitrogens is 1. The van der Waals surface area contributed by atoms with Crippen LogP contribution >= 0.6 is 0 Å². The summed E-state index contributed by atoms with van der Waals surface area (Å²) in [6.45, 7) is 0. The summed E-state index contributed by atoms with van der Waals surface area (Å²) in [6.07, 6.45) is 2.12. The largest absolute Gasteiger partial charge is 0.294 e. The molecule has 1 heterocycles. The Morgan fingerprint density at radius 1 is 0.773 bits per heavy atom. The number of Topliss-reactive ketones (excluding diaryl/α,β-unsaturated/α-hetero) is 1. The maximum Gasteiger partial charge on any atom is 0.263 e. The maximum absolute atomic E-state index is 13.0. The predicted molar refractivity (Wildman–Crippen MR) is 86.8 cm³/mol. The highest BCUT2D eigenvalue weighted by Crippen LogP contribution is 2.28. The summed E-state index contributed by atoms with van der Waals surface area (Å²) in [5, 5.41) is 1.40. The van der Waals surface area contributed by atoms with Crippen LogP contribution in [0.1, 0.15) is 28.9 Å². The molecular formula is C19H15NO2. The van der Waals surface area contributed by atoms with Crippen LogP contribution in [0.4, 0.5) is 0 Å². The second kappa shape index (κ2) is 4.95. The number of hydrogen-bond donors (Lipinski definition) is 0. The second-order valence-corrected chi connectivity index (χ2v) is 5.62. The molecule has 0 radical (unpaired) electrons. The molecule has 4 rings (SSSR count). The Kier molecular flexibility index (Phi) is 2.93. The molecule has 0 N–H and O–H groups in total. The van der Waals surface area contributed by atoms with Crippen molar-refractivity contribution < 1.29 is 4.79 Å². The highest BCUT2D eigenvalue weighted by Gasteiger charge is 2.25. The van der Waals surface area contributed by atoms with Crippen molar-refractivity contribution >= 4 is 16.6 Å². The van der Waals surface area contributed by atoms with Gasteiger partial charge >= 0.3 is 0 Å². The van der Waals surface area contributed by atoms with Gasteiger partial charge in [0.15, 0.2) is 5.78 Å². The minimum Gasteiger partial charge on any atom is -0.294 e. The SMILES string of the molecule is O=C1CCCc2c1c1ccccc1c(=O)n2-c1ccccc1. The minimum atomic E-state index is -0.0461. The van der Waals surface area contributed by atoms with Gasteiger partial charge in [-0.1, -0.05) is 36.4 Å². The van der Waals surface area contributed by atoms with Crippen molar-refractivity contribution in [2.45, 2.75) is 19.3 Å². The van der Waals surface area contributed by atoms with Crippen molar-refractivity contribution in [2.75, 3.05) is 0 Å². The number of para-hydroxylation sites is 1. The van der Waals surface area contributed by atoms with Crippen LogP contribution < -0.4 is 5.56 Å². The molecule has 108 valence electrons. The summed E-state index contributed by atoms with van der Waals surface area (Å²) >= 11 is 0. The zero-order valence-corrected chi connectivity index (χ0v) is 12.1. The fourth-order valence-electron chi connectivity index (χ4n) is 3.34. The molecule has 1 aromatic heterocycles. The van der Waals surface area contributed by atoms with E-state index in [0.717, 1.165) is 35.2 Å². The van der Waals surface area contributed by atoms with Crippen LogP contribution in [-0.2, 0) is 6.42 Å². The van der Waals surface area contributed by atoms with E-state index in [1.165, 1.54) is 0 Å². The van der Waals surface area contributed by atoms with E-state index in [0.29, 0.717) is 11.8 Å². The Hall–Kier alpha value is -2.68. The highest BCUT2D eigenvalue weighted by atomic mass is 16.1. The van der Waals surface area contributed by atoms with Gasteiger partial charge in [-0.2, -0.15) is 0 Å². The third-order valence-corrected chi connectivity index (χ3v) is 4.30. The zero-order chi connectivity index (χ0) is 15.1. The first kappa shape index (κ1) is 13.0. The number of pyridine rings is 1. The molecule has 0 fully saturated rings. The van der Waals surface area contributed by atoms with Crippen molar-refractivity contribution in [1.82, 2.24) is 4.57 Å². The van der Waals surface area contributed by atoms with Crippen LogP contribution in [0.5, 0.6) is 0 Å². The Bertz CT molecular complexity index is 939. The molecule has 3 aromatic rings. The lowest BCUT2D eigenvalue weighted by atomic mass is 9.90. The Morgan fingerprint density at radius 3 is 2.23 bits per heavy atom. The van der Waals surface area contributed by atoms with Crippen LogP contribution in [0.3, 0.4) is 0 Å². The van der Waals surface area contributed by atoms with Crippen molar-refractivity contribution in [3.8, 4) is 5.69 Å². The molecule has 0 saturated carbocycles. The first-order valence-corrected chi connectivity index (χ1v) is 7.52. The molecular weight excluding hydrogens is 274 g/mol. The van der Waals surface area contributed by atoms with Crippen molar-refractivity contribution in [3.05, 3.63) is 76.2 Å². The Balaban J connectivity index is 2.20. The van der Waals surface area contributed by atoms with Crippen molar-refractivity contribution in [2.24, 2.45) is 0 Å². The summed E-state index contributed by atoms with van der Waals surface area (Å²) in [5.74, 6) is 0.141. The molecule has 0 unspecified atom stereocenters. The molecule has 2 aromatic carbocycles. The summed E-state index contributed by atoms with van der Waals surface area (Å²) in [5.41, 5.74) is 2.36. The number of rotatable bonds is 1. The molecule has 3 nitrogen and oxygen atoms in total. The first-order chi connectivity index (χ1) is 10.8. The third-order valence-electron chi connectivity index (χ3n) is 4.30. The molecule has 0 saturated heterocycles. The fourth-order valence-corrected chi connectivity index (χ4v) is 3.34. The Labute approximate surface area is 127 Å². The number of carbonyl (C=O) groups is 1. The number of benzene rings is 2. The van der Waals surface area contributed by atoms with Gasteiger partial charge in [0, 0.05) is 28.8 Å². The first-order valence-electron chi connectivity index (χ1n) is 7.52. The lowest BCUT2D eigenvalue weighted by Crippen LogP contribution is -2.28. The summed E-state index contributed by atoms with van der Waals surface area (Å²) in [6, 6.07) is 17.0. The van der Waals surface area contributed by atoms with Gasteiger partial charge in [0.25, 0.3) is 5.56 Å². The number of hydrogen-bond acceptors (Lipinski definition) is 2. The summed E-state index contributed by atoms with van der Waals surface area (Å²) in [7, 11) is 0. The number of ketones is 1. The van der Waals surface area contributed by atoms with Crippen LogP contribution in [0, 0.1) is 0 Å². The maximum atomic E-state index is 13.0. The highest BCUT2D eigenvalue weighted by molar-refractivity contribution is 6.09. The monoisotopic (exact) mass is 289 g/mol. The average Bonchev–Trinajstić information content (AvgIpc) is 2.56. The van der Waals surface area contributed by atoms with Crippen molar-refractivity contribution in [1.29, 1.82) is 0 Å². The average molecular weight is 289 g/mol. The quantitative estimate of drug-likeness (QED) is 0.687. The zero-order valence-electron chi connectivity index (χ0n) is 12.1. The normalized spacial score (nSPS) is 14.1. The molecule has 22 heavy (non-hydrogen) atoms. The summed E-state index contributed by atoms with van der Waals surface area (Å²) < 4.78 is 1.72. The minimum absolute atomic E-state index is 0.0461. The van der Waals surface area contributed by atoms with Crippen LogP contribution in [0.15, 0.2) is 59.4 Å². The number of fused-ring (bicyclic) bond motifs is 3. The lowest BCUT2D eigenvalue weighted by Gasteiger charge is -2.22. The molecule has 0 bridgehead atoms. The van der Waals surface area contributed by atoms with E-state index in [4.69, 9.17) is 0 Å². The van der Waals surface area contributed by atoms with E-state index in [-0.39, 0.29) is 11.3 Å². The van der Waals surface area contributed by atoms with Crippen LogP contribution in [0.25, 0.3) is 16.5 Å². The van der Waals surface area contributed by atoms with Crippen molar-refractivity contribution in [3.63, 3.8) is 0 Å². The predicted octanol–water partition coefficient (Wildman–Crippen LogP) is 3.51. The van der Waals surface area contributed by atoms with E-state index in [9.17, 15) is 9.59 Å².